The van der Waals surface area contributed by atoms with Crippen LogP contribution < -0.4 is 0 Å². The number of nitrogens with zero attached hydrogens (tertiary/aromatic N) is 1. The van der Waals surface area contributed by atoms with Crippen LogP contribution >= 0.6 is 0 Å². The number of rotatable bonds is 1. The molecule has 0 aromatic heterocycles. The van der Waals surface area contributed by atoms with Crippen LogP contribution in [0.5, 0.6) is 0 Å². The van der Waals surface area contributed by atoms with E-state index >= 15 is 0 Å². The zero-order valence-corrected chi connectivity index (χ0v) is 7.02. The molecule has 1 aliphatic carbocycles. The van der Waals surface area contributed by atoms with Crippen LogP contribution in [0.25, 0.3) is 0 Å². The number of hydrogen-bond acceptors (Lipinski definition) is 1. The van der Waals surface area contributed by atoms with Crippen LogP contribution in [0, 0.1) is 28.6 Å². The fourth-order valence-corrected chi connectivity index (χ4v) is 1.42. The summed E-state index contributed by atoms with van der Waals surface area (Å²) in [6.07, 6.45) is 2.36. The Balaban J connectivity index is 2.26. The monoisotopic (exact) mass is 137 g/mol. The largest absolute Gasteiger partial charge is 0.198 e. The van der Waals surface area contributed by atoms with Crippen molar-refractivity contribution < 1.29 is 0 Å². The first kappa shape index (κ1) is 7.60. The second-order valence-corrected chi connectivity index (χ2v) is 4.50. The van der Waals surface area contributed by atoms with Gasteiger partial charge in [-0.25, -0.2) is 0 Å². The fraction of sp³-hybridized carbons (Fsp3) is 0.889. The molecule has 10 heavy (non-hydrogen) atoms. The molecule has 0 saturated heterocycles. The topological polar surface area (TPSA) is 23.8 Å². The maximum Gasteiger partial charge on any atom is 0.0658 e. The summed E-state index contributed by atoms with van der Waals surface area (Å²) in [7, 11) is 0. The molecule has 0 aromatic carbocycles. The van der Waals surface area contributed by atoms with Crippen molar-refractivity contribution >= 4 is 0 Å². The van der Waals surface area contributed by atoms with Gasteiger partial charge in [0.2, 0.25) is 0 Å². The van der Waals surface area contributed by atoms with Gasteiger partial charge in [-0.05, 0) is 24.2 Å². The number of hydrogen-bond donors (Lipinski definition) is 0. The van der Waals surface area contributed by atoms with Crippen molar-refractivity contribution in [2.24, 2.45) is 17.3 Å². The van der Waals surface area contributed by atoms with Crippen LogP contribution in [-0.2, 0) is 0 Å². The minimum Gasteiger partial charge on any atom is -0.198 e. The lowest BCUT2D eigenvalue weighted by Crippen LogP contribution is -2.05. The van der Waals surface area contributed by atoms with Gasteiger partial charge >= 0.3 is 0 Å². The Hall–Kier alpha value is -0.510. The minimum absolute atomic E-state index is 0.388. The summed E-state index contributed by atoms with van der Waals surface area (Å²) in [5.74, 6) is 1.10. The van der Waals surface area contributed by atoms with Crippen molar-refractivity contribution in [3.8, 4) is 6.07 Å². The first-order chi connectivity index (χ1) is 4.53. The molecule has 0 radical (unpaired) electrons. The Morgan fingerprint density at radius 3 is 2.40 bits per heavy atom. The summed E-state index contributed by atoms with van der Waals surface area (Å²) in [5, 5.41) is 8.52. The lowest BCUT2D eigenvalue weighted by molar-refractivity contribution is 0.349. The summed E-state index contributed by atoms with van der Waals surface area (Å²) in [6.45, 7) is 6.71. The smallest absolute Gasteiger partial charge is 0.0658 e. The van der Waals surface area contributed by atoms with E-state index in [1.807, 2.05) is 0 Å². The molecule has 0 amide bonds. The van der Waals surface area contributed by atoms with Crippen LogP contribution in [0.2, 0.25) is 0 Å². The SMILES string of the molecule is CC(C)(C)CC1CC1C#N. The van der Waals surface area contributed by atoms with Gasteiger partial charge in [0, 0.05) is 5.92 Å². The van der Waals surface area contributed by atoms with Gasteiger partial charge < -0.3 is 0 Å². The first-order valence-electron chi connectivity index (χ1n) is 3.92. The van der Waals surface area contributed by atoms with Crippen molar-refractivity contribution in [2.45, 2.75) is 33.6 Å². The van der Waals surface area contributed by atoms with Crippen LogP contribution in [-0.4, -0.2) is 0 Å². The molecule has 0 spiro atoms. The fourth-order valence-electron chi connectivity index (χ4n) is 1.42. The van der Waals surface area contributed by atoms with E-state index in [4.69, 9.17) is 5.26 Å². The zero-order chi connectivity index (χ0) is 7.78. The van der Waals surface area contributed by atoms with Gasteiger partial charge in [0.15, 0.2) is 0 Å². The Bertz CT molecular complexity index is 159. The maximum atomic E-state index is 8.52. The zero-order valence-electron chi connectivity index (χ0n) is 7.02. The third kappa shape index (κ3) is 2.02. The van der Waals surface area contributed by atoms with E-state index in [1.54, 1.807) is 0 Å². The van der Waals surface area contributed by atoms with Gasteiger partial charge in [0.05, 0.1) is 6.07 Å². The molecule has 0 aromatic rings. The highest BCUT2D eigenvalue weighted by Gasteiger charge is 2.39. The average Bonchev–Trinajstić information content (AvgIpc) is 2.42. The molecule has 0 heterocycles. The Labute approximate surface area is 63.0 Å². The molecule has 0 bridgehead atoms. The van der Waals surface area contributed by atoms with Gasteiger partial charge in [-0.1, -0.05) is 20.8 Å². The predicted molar refractivity (Wildman–Crippen MR) is 41.3 cm³/mol. The van der Waals surface area contributed by atoms with Gasteiger partial charge in [0.25, 0.3) is 0 Å². The first-order valence-corrected chi connectivity index (χ1v) is 3.92. The van der Waals surface area contributed by atoms with Crippen LogP contribution in [0.1, 0.15) is 33.6 Å². The lowest BCUT2D eigenvalue weighted by atomic mass is 9.89. The van der Waals surface area contributed by atoms with Crippen molar-refractivity contribution in [3.05, 3.63) is 0 Å². The molecule has 1 nitrogen and oxygen atoms in total. The van der Waals surface area contributed by atoms with Crippen molar-refractivity contribution in [1.29, 1.82) is 5.26 Å². The highest BCUT2D eigenvalue weighted by Crippen LogP contribution is 2.45. The van der Waals surface area contributed by atoms with E-state index in [1.165, 1.54) is 6.42 Å². The van der Waals surface area contributed by atoms with Gasteiger partial charge in [-0.3, -0.25) is 0 Å². The molecule has 56 valence electrons. The van der Waals surface area contributed by atoms with Crippen molar-refractivity contribution in [3.63, 3.8) is 0 Å². The molecule has 1 aliphatic rings. The van der Waals surface area contributed by atoms with Gasteiger partial charge in [-0.15, -0.1) is 0 Å². The van der Waals surface area contributed by atoms with E-state index in [-0.39, 0.29) is 0 Å². The molecular formula is C9H15N. The third-order valence-corrected chi connectivity index (χ3v) is 1.96. The molecule has 0 N–H and O–H groups in total. The minimum atomic E-state index is 0.388. The normalized spacial score (nSPS) is 31.4. The third-order valence-electron chi connectivity index (χ3n) is 1.96. The Morgan fingerprint density at radius 2 is 2.10 bits per heavy atom. The lowest BCUT2D eigenvalue weighted by Gasteiger charge is -2.16. The molecule has 1 fully saturated rings. The highest BCUT2D eigenvalue weighted by atomic mass is 14.4. The van der Waals surface area contributed by atoms with E-state index in [0.29, 0.717) is 17.3 Å². The summed E-state index contributed by atoms with van der Waals surface area (Å²) in [6, 6.07) is 2.31. The molecule has 1 heteroatoms. The molecular weight excluding hydrogens is 122 g/mol. The van der Waals surface area contributed by atoms with Crippen molar-refractivity contribution in [2.75, 3.05) is 0 Å². The Morgan fingerprint density at radius 1 is 1.50 bits per heavy atom. The highest BCUT2D eigenvalue weighted by molar-refractivity contribution is 5.02. The van der Waals surface area contributed by atoms with Crippen molar-refractivity contribution in [1.82, 2.24) is 0 Å². The van der Waals surface area contributed by atoms with E-state index in [0.717, 1.165) is 6.42 Å². The van der Waals surface area contributed by atoms with Crippen LogP contribution in [0.3, 0.4) is 0 Å². The van der Waals surface area contributed by atoms with Crippen LogP contribution in [0.15, 0.2) is 0 Å². The molecule has 1 rings (SSSR count). The second kappa shape index (κ2) is 2.27. The van der Waals surface area contributed by atoms with E-state index in [9.17, 15) is 0 Å². The number of nitriles is 1. The summed E-state index contributed by atoms with van der Waals surface area (Å²) >= 11 is 0. The van der Waals surface area contributed by atoms with E-state index in [2.05, 4.69) is 26.8 Å². The van der Waals surface area contributed by atoms with Gasteiger partial charge in [0.1, 0.15) is 0 Å². The molecule has 1 saturated carbocycles. The summed E-state index contributed by atoms with van der Waals surface area (Å²) < 4.78 is 0. The molecule has 0 aliphatic heterocycles. The predicted octanol–water partition coefficient (Wildman–Crippen LogP) is 2.58. The molecule has 2 unspecified atom stereocenters. The second-order valence-electron chi connectivity index (χ2n) is 4.50. The summed E-state index contributed by atoms with van der Waals surface area (Å²) in [5.41, 5.74) is 0.413. The van der Waals surface area contributed by atoms with Crippen LogP contribution in [0.4, 0.5) is 0 Å². The standard InChI is InChI=1S/C9H15N/c1-9(2,3)5-7-4-8(7)6-10/h7-8H,4-5H2,1-3H3. The summed E-state index contributed by atoms with van der Waals surface area (Å²) in [4.78, 5) is 0. The molecule has 2 atom stereocenters. The quantitative estimate of drug-likeness (QED) is 0.545. The Kier molecular flexibility index (Phi) is 1.72. The maximum absolute atomic E-state index is 8.52. The average molecular weight is 137 g/mol. The van der Waals surface area contributed by atoms with Gasteiger partial charge in [-0.2, -0.15) is 5.26 Å². The van der Waals surface area contributed by atoms with E-state index < -0.39 is 0 Å².